The molecule has 0 unspecified atom stereocenters. The van der Waals surface area contributed by atoms with Gasteiger partial charge in [0.25, 0.3) is 0 Å². The maximum atomic E-state index is 11.1. The number of hydrogen-bond donors (Lipinski definition) is 2. The maximum absolute atomic E-state index is 11.1. The highest BCUT2D eigenvalue weighted by atomic mass is 16.5. The molecular formula is C13H23NO3. The molecule has 0 aromatic rings. The third kappa shape index (κ3) is 3.19. The Balaban J connectivity index is 1.60. The van der Waals surface area contributed by atoms with Gasteiger partial charge in [-0.15, -0.1) is 0 Å². The van der Waals surface area contributed by atoms with Crippen molar-refractivity contribution in [3.05, 3.63) is 0 Å². The van der Waals surface area contributed by atoms with Crippen molar-refractivity contribution in [1.82, 2.24) is 5.32 Å². The summed E-state index contributed by atoms with van der Waals surface area (Å²) in [7, 11) is 0. The van der Waals surface area contributed by atoms with Gasteiger partial charge >= 0.3 is 5.97 Å². The van der Waals surface area contributed by atoms with Crippen LogP contribution in [0, 0.1) is 11.3 Å². The summed E-state index contributed by atoms with van der Waals surface area (Å²) >= 11 is 0. The second-order valence-electron chi connectivity index (χ2n) is 5.46. The first kappa shape index (κ1) is 12.8. The second-order valence-corrected chi connectivity index (χ2v) is 5.46. The van der Waals surface area contributed by atoms with Crippen LogP contribution in [-0.2, 0) is 9.53 Å². The molecule has 0 atom stereocenters. The van der Waals surface area contributed by atoms with Gasteiger partial charge in [0.15, 0.2) is 0 Å². The van der Waals surface area contributed by atoms with Crippen molar-refractivity contribution >= 4 is 5.97 Å². The van der Waals surface area contributed by atoms with Crippen LogP contribution in [0.5, 0.6) is 0 Å². The van der Waals surface area contributed by atoms with Crippen molar-refractivity contribution in [2.45, 2.75) is 38.5 Å². The molecule has 0 amide bonds. The van der Waals surface area contributed by atoms with Gasteiger partial charge in [0.2, 0.25) is 0 Å². The van der Waals surface area contributed by atoms with Crippen molar-refractivity contribution in [1.29, 1.82) is 0 Å². The van der Waals surface area contributed by atoms with Crippen LogP contribution in [0.3, 0.4) is 0 Å². The fourth-order valence-electron chi connectivity index (χ4n) is 2.74. The Bertz CT molecular complexity index is 257. The van der Waals surface area contributed by atoms with Gasteiger partial charge in [-0.05, 0) is 44.6 Å². The minimum absolute atomic E-state index is 0.449. The monoisotopic (exact) mass is 241 g/mol. The molecule has 1 heterocycles. The summed E-state index contributed by atoms with van der Waals surface area (Å²) in [5.41, 5.74) is -0.449. The normalized spacial score (nSPS) is 24.2. The molecular weight excluding hydrogens is 218 g/mol. The molecule has 2 fully saturated rings. The number of carboxylic acids is 1. The molecule has 1 saturated heterocycles. The zero-order valence-corrected chi connectivity index (χ0v) is 10.4. The number of nitrogens with one attached hydrogen (secondary N) is 1. The Morgan fingerprint density at radius 3 is 2.59 bits per heavy atom. The Labute approximate surface area is 103 Å². The fourth-order valence-corrected chi connectivity index (χ4v) is 2.74. The van der Waals surface area contributed by atoms with E-state index in [4.69, 9.17) is 4.74 Å². The Morgan fingerprint density at radius 1 is 1.35 bits per heavy atom. The highest BCUT2D eigenvalue weighted by Crippen LogP contribution is 2.40. The summed E-state index contributed by atoms with van der Waals surface area (Å²) in [5, 5.41) is 12.5. The van der Waals surface area contributed by atoms with Gasteiger partial charge in [0, 0.05) is 19.8 Å². The van der Waals surface area contributed by atoms with Crippen LogP contribution in [0.4, 0.5) is 0 Å². The smallest absolute Gasteiger partial charge is 0.310 e. The summed E-state index contributed by atoms with van der Waals surface area (Å²) in [6.07, 6.45) is 6.21. The summed E-state index contributed by atoms with van der Waals surface area (Å²) in [6.45, 7) is 3.37. The third-order valence-corrected chi connectivity index (χ3v) is 4.30. The first-order valence-electron chi connectivity index (χ1n) is 6.75. The lowest BCUT2D eigenvalue weighted by molar-refractivity contribution is -0.154. The largest absolute Gasteiger partial charge is 0.481 e. The number of carbonyl (C=O) groups is 1. The molecule has 0 radical (unpaired) electrons. The molecule has 4 heteroatoms. The quantitative estimate of drug-likeness (QED) is 0.694. The molecule has 0 bridgehead atoms. The van der Waals surface area contributed by atoms with Gasteiger partial charge in [0.1, 0.15) is 0 Å². The van der Waals surface area contributed by atoms with Crippen LogP contribution in [0.25, 0.3) is 0 Å². The predicted octanol–water partition coefficient (Wildman–Crippen LogP) is 1.65. The van der Waals surface area contributed by atoms with Crippen LogP contribution >= 0.6 is 0 Å². The summed E-state index contributed by atoms with van der Waals surface area (Å²) < 4.78 is 5.32. The summed E-state index contributed by atoms with van der Waals surface area (Å²) in [6, 6.07) is 0. The van der Waals surface area contributed by atoms with E-state index in [9.17, 15) is 9.90 Å². The topological polar surface area (TPSA) is 58.6 Å². The van der Waals surface area contributed by atoms with E-state index in [1.54, 1.807) is 0 Å². The van der Waals surface area contributed by atoms with Gasteiger partial charge in [-0.1, -0.05) is 6.42 Å². The zero-order chi connectivity index (χ0) is 12.1. The zero-order valence-electron chi connectivity index (χ0n) is 10.4. The van der Waals surface area contributed by atoms with Crippen LogP contribution in [0.15, 0.2) is 0 Å². The van der Waals surface area contributed by atoms with E-state index in [1.807, 2.05) is 0 Å². The number of carboxylic acid groups (broad SMARTS) is 1. The molecule has 0 spiro atoms. The number of ether oxygens (including phenoxy) is 1. The highest BCUT2D eigenvalue weighted by molar-refractivity contribution is 5.76. The molecule has 1 aliphatic carbocycles. The lowest BCUT2D eigenvalue weighted by Gasteiger charge is -2.38. The van der Waals surface area contributed by atoms with Crippen molar-refractivity contribution in [3.63, 3.8) is 0 Å². The molecule has 1 saturated carbocycles. The predicted molar refractivity (Wildman–Crippen MR) is 64.9 cm³/mol. The van der Waals surface area contributed by atoms with Gasteiger partial charge in [-0.25, -0.2) is 0 Å². The minimum atomic E-state index is -0.623. The van der Waals surface area contributed by atoms with E-state index >= 15 is 0 Å². The van der Waals surface area contributed by atoms with E-state index in [-0.39, 0.29) is 0 Å². The first-order valence-corrected chi connectivity index (χ1v) is 6.75. The van der Waals surface area contributed by atoms with Crippen molar-refractivity contribution in [3.8, 4) is 0 Å². The lowest BCUT2D eigenvalue weighted by Crippen LogP contribution is -2.46. The van der Waals surface area contributed by atoms with E-state index in [2.05, 4.69) is 5.32 Å². The molecule has 4 nitrogen and oxygen atoms in total. The van der Waals surface area contributed by atoms with E-state index in [0.29, 0.717) is 6.54 Å². The Morgan fingerprint density at radius 2 is 2.06 bits per heavy atom. The van der Waals surface area contributed by atoms with E-state index in [1.165, 1.54) is 0 Å². The van der Waals surface area contributed by atoms with Crippen LogP contribution in [0.1, 0.15) is 38.5 Å². The first-order chi connectivity index (χ1) is 8.23. The Hall–Kier alpha value is -0.610. The van der Waals surface area contributed by atoms with Crippen molar-refractivity contribution < 1.29 is 14.6 Å². The van der Waals surface area contributed by atoms with Gasteiger partial charge < -0.3 is 15.2 Å². The van der Waals surface area contributed by atoms with Crippen LogP contribution in [0.2, 0.25) is 0 Å². The molecule has 98 valence electrons. The molecule has 2 rings (SSSR count). The fraction of sp³-hybridized carbons (Fsp3) is 0.923. The highest BCUT2D eigenvalue weighted by Gasteiger charge is 2.43. The standard InChI is InChI=1S/C13H23NO3/c15-12(16)13(5-1-6-13)10-14-7-2-11-3-8-17-9-4-11/h11,14H,1-10H2,(H,15,16). The maximum Gasteiger partial charge on any atom is 0.310 e. The number of hydrogen-bond acceptors (Lipinski definition) is 3. The van der Waals surface area contributed by atoms with Gasteiger partial charge in [-0.3, -0.25) is 4.79 Å². The minimum Gasteiger partial charge on any atom is -0.481 e. The third-order valence-electron chi connectivity index (χ3n) is 4.30. The average Bonchev–Trinajstić information content (AvgIpc) is 2.27. The average molecular weight is 241 g/mol. The lowest BCUT2D eigenvalue weighted by atomic mass is 9.69. The number of aliphatic carboxylic acids is 1. The summed E-state index contributed by atoms with van der Waals surface area (Å²) in [4.78, 5) is 11.1. The second kappa shape index (κ2) is 5.83. The van der Waals surface area contributed by atoms with Crippen LogP contribution < -0.4 is 5.32 Å². The number of rotatable bonds is 6. The van der Waals surface area contributed by atoms with E-state index in [0.717, 1.165) is 64.2 Å². The molecule has 2 aliphatic rings. The molecule has 0 aromatic heterocycles. The van der Waals surface area contributed by atoms with Crippen LogP contribution in [-0.4, -0.2) is 37.4 Å². The SMILES string of the molecule is O=C(O)C1(CNCCC2CCOCC2)CCC1. The van der Waals surface area contributed by atoms with Crippen molar-refractivity contribution in [2.75, 3.05) is 26.3 Å². The molecule has 1 aliphatic heterocycles. The van der Waals surface area contributed by atoms with Gasteiger partial charge in [-0.2, -0.15) is 0 Å². The molecule has 0 aromatic carbocycles. The van der Waals surface area contributed by atoms with Gasteiger partial charge in [0.05, 0.1) is 5.41 Å². The van der Waals surface area contributed by atoms with E-state index < -0.39 is 11.4 Å². The molecule has 17 heavy (non-hydrogen) atoms. The van der Waals surface area contributed by atoms with Crippen molar-refractivity contribution in [2.24, 2.45) is 11.3 Å². The summed E-state index contributed by atoms with van der Waals surface area (Å²) in [5.74, 6) is 0.140. The molecule has 2 N–H and O–H groups in total. The Kier molecular flexibility index (Phi) is 4.40.